The largest absolute Gasteiger partial charge is 0.340 e. The zero-order chi connectivity index (χ0) is 22.1. The first kappa shape index (κ1) is 21.1. The molecule has 2 atom stereocenters. The van der Waals surface area contributed by atoms with Crippen LogP contribution < -0.4 is 0 Å². The van der Waals surface area contributed by atoms with Crippen molar-refractivity contribution < 1.29 is 9.59 Å². The van der Waals surface area contributed by atoms with Crippen molar-refractivity contribution in [3.63, 3.8) is 0 Å². The predicted octanol–water partition coefficient (Wildman–Crippen LogP) is 3.55. The summed E-state index contributed by atoms with van der Waals surface area (Å²) in [5.41, 5.74) is 2.17. The number of rotatable bonds is 5. The van der Waals surface area contributed by atoms with Gasteiger partial charge in [0, 0.05) is 39.1 Å². The summed E-state index contributed by atoms with van der Waals surface area (Å²) >= 11 is 1.74. The fourth-order valence-corrected chi connectivity index (χ4v) is 5.76. The van der Waals surface area contributed by atoms with E-state index in [1.54, 1.807) is 11.3 Å². The van der Waals surface area contributed by atoms with Gasteiger partial charge in [-0.05, 0) is 24.6 Å². The van der Waals surface area contributed by atoms with Crippen LogP contribution in [0.2, 0.25) is 0 Å². The van der Waals surface area contributed by atoms with E-state index in [-0.39, 0.29) is 23.8 Å². The van der Waals surface area contributed by atoms with Gasteiger partial charge < -0.3 is 9.80 Å². The maximum atomic E-state index is 13.2. The van der Waals surface area contributed by atoms with E-state index in [1.807, 2.05) is 59.2 Å². The Morgan fingerprint density at radius 1 is 1.06 bits per heavy atom. The molecule has 32 heavy (non-hydrogen) atoms. The monoisotopic (exact) mass is 448 g/mol. The molecule has 0 N–H and O–H groups in total. The Balaban J connectivity index is 1.15. The van der Waals surface area contributed by atoms with Crippen LogP contribution in [0, 0.1) is 5.92 Å². The molecule has 2 amide bonds. The summed E-state index contributed by atoms with van der Waals surface area (Å²) in [4.78, 5) is 36.7. The lowest BCUT2D eigenvalue weighted by Crippen LogP contribution is -2.50. The van der Waals surface area contributed by atoms with Gasteiger partial charge in [0.15, 0.2) is 0 Å². The second-order valence-electron chi connectivity index (χ2n) is 8.71. The van der Waals surface area contributed by atoms with E-state index >= 15 is 0 Å². The summed E-state index contributed by atoms with van der Waals surface area (Å²) in [5, 5.41) is 1.12. The molecule has 2 saturated heterocycles. The van der Waals surface area contributed by atoms with Crippen molar-refractivity contribution in [2.75, 3.05) is 32.7 Å². The summed E-state index contributed by atoms with van der Waals surface area (Å²) in [5.74, 6) is -0.0283. The number of carbonyl (C=O) groups is 2. The number of nitrogens with zero attached hydrogens (tertiary/aromatic N) is 4. The number of fused-ring (bicyclic) bond motifs is 1. The van der Waals surface area contributed by atoms with E-state index in [1.165, 1.54) is 4.70 Å². The van der Waals surface area contributed by atoms with Gasteiger partial charge in [0.05, 0.1) is 28.7 Å². The molecule has 0 bridgehead atoms. The van der Waals surface area contributed by atoms with Crippen molar-refractivity contribution in [3.05, 3.63) is 65.2 Å². The molecule has 6 nitrogen and oxygen atoms in total. The molecule has 1 aromatic heterocycles. The molecular weight excluding hydrogens is 420 g/mol. The van der Waals surface area contributed by atoms with E-state index in [0.29, 0.717) is 26.1 Å². The Morgan fingerprint density at radius 2 is 1.78 bits per heavy atom. The van der Waals surface area contributed by atoms with Crippen LogP contribution in [0.5, 0.6) is 0 Å². The number of aromatic nitrogens is 1. The molecule has 2 fully saturated rings. The maximum Gasteiger partial charge on any atom is 0.228 e. The van der Waals surface area contributed by atoms with Crippen LogP contribution >= 0.6 is 11.3 Å². The van der Waals surface area contributed by atoms with Crippen LogP contribution in [0.15, 0.2) is 54.6 Å². The highest BCUT2D eigenvalue weighted by Crippen LogP contribution is 2.30. The van der Waals surface area contributed by atoms with Gasteiger partial charge in [0.25, 0.3) is 0 Å². The molecule has 2 aromatic carbocycles. The van der Waals surface area contributed by atoms with Crippen molar-refractivity contribution >= 4 is 33.4 Å². The van der Waals surface area contributed by atoms with Gasteiger partial charge in [0.2, 0.25) is 11.8 Å². The van der Waals surface area contributed by atoms with Crippen molar-refractivity contribution in [1.29, 1.82) is 0 Å². The fraction of sp³-hybridized carbons (Fsp3) is 0.400. The Bertz CT molecular complexity index is 1070. The van der Waals surface area contributed by atoms with Crippen LogP contribution in [0.1, 0.15) is 30.0 Å². The minimum atomic E-state index is -0.232. The van der Waals surface area contributed by atoms with Crippen LogP contribution in [-0.2, 0) is 16.1 Å². The standard InChI is InChI=1S/C25H28N4O2S/c1-18(19-7-3-2-4-8-19)29-16-20(15-24(29)30)25(31)28-13-11-27(12-14-28)17-23-26-21-9-5-6-10-22(21)32-23/h2-10,18,20H,11-17H2,1H3/t18-,20+/m1/s1. The number of amides is 2. The third-order valence-electron chi connectivity index (χ3n) is 6.64. The minimum absolute atomic E-state index is 0.00726. The number of likely N-dealkylation sites (tertiary alicyclic amines) is 1. The summed E-state index contributed by atoms with van der Waals surface area (Å²) in [7, 11) is 0. The average molecular weight is 449 g/mol. The summed E-state index contributed by atoms with van der Waals surface area (Å²) in [6.45, 7) is 6.48. The van der Waals surface area contributed by atoms with Crippen LogP contribution in [-0.4, -0.2) is 64.2 Å². The van der Waals surface area contributed by atoms with E-state index in [4.69, 9.17) is 4.98 Å². The van der Waals surface area contributed by atoms with Crippen LogP contribution in [0.4, 0.5) is 0 Å². The third-order valence-corrected chi connectivity index (χ3v) is 7.66. The van der Waals surface area contributed by atoms with E-state index in [0.717, 1.165) is 35.7 Å². The van der Waals surface area contributed by atoms with Crippen molar-refractivity contribution in [2.24, 2.45) is 5.92 Å². The number of carbonyl (C=O) groups excluding carboxylic acids is 2. The predicted molar refractivity (Wildman–Crippen MR) is 126 cm³/mol. The molecule has 0 unspecified atom stereocenters. The number of benzene rings is 2. The zero-order valence-electron chi connectivity index (χ0n) is 18.3. The molecule has 0 radical (unpaired) electrons. The molecule has 166 valence electrons. The Labute approximate surface area is 192 Å². The molecule has 2 aliphatic rings. The zero-order valence-corrected chi connectivity index (χ0v) is 19.1. The highest BCUT2D eigenvalue weighted by atomic mass is 32.1. The van der Waals surface area contributed by atoms with Crippen molar-refractivity contribution in [2.45, 2.75) is 25.9 Å². The first-order valence-electron chi connectivity index (χ1n) is 11.3. The highest BCUT2D eigenvalue weighted by molar-refractivity contribution is 7.18. The van der Waals surface area contributed by atoms with Crippen molar-refractivity contribution in [1.82, 2.24) is 19.7 Å². The topological polar surface area (TPSA) is 56.8 Å². The molecule has 0 spiro atoms. The first-order valence-corrected chi connectivity index (χ1v) is 12.1. The maximum absolute atomic E-state index is 13.2. The normalized spacial score (nSPS) is 20.8. The number of thiazole rings is 1. The van der Waals surface area contributed by atoms with Crippen LogP contribution in [0.25, 0.3) is 10.2 Å². The SMILES string of the molecule is C[C@H](c1ccccc1)N1C[C@@H](C(=O)N2CCN(Cc3nc4ccccc4s3)CC2)CC1=O. The summed E-state index contributed by atoms with van der Waals surface area (Å²) in [6, 6.07) is 18.3. The second-order valence-corrected chi connectivity index (χ2v) is 9.83. The smallest absolute Gasteiger partial charge is 0.228 e. The van der Waals surface area contributed by atoms with E-state index in [2.05, 4.69) is 17.0 Å². The van der Waals surface area contributed by atoms with E-state index in [9.17, 15) is 9.59 Å². The summed E-state index contributed by atoms with van der Waals surface area (Å²) < 4.78 is 1.22. The second kappa shape index (κ2) is 9.00. The Kier molecular flexibility index (Phi) is 5.93. The lowest BCUT2D eigenvalue weighted by molar-refractivity contribution is -0.137. The van der Waals surface area contributed by atoms with Gasteiger partial charge >= 0.3 is 0 Å². The molecule has 0 saturated carbocycles. The Hall–Kier alpha value is -2.77. The first-order chi connectivity index (χ1) is 15.6. The lowest BCUT2D eigenvalue weighted by Gasteiger charge is -2.35. The fourth-order valence-electron chi connectivity index (χ4n) is 4.75. The number of hydrogen-bond donors (Lipinski definition) is 0. The Morgan fingerprint density at radius 3 is 2.53 bits per heavy atom. The number of hydrogen-bond acceptors (Lipinski definition) is 5. The number of piperazine rings is 1. The van der Waals surface area contributed by atoms with Gasteiger partial charge in [-0.15, -0.1) is 11.3 Å². The van der Waals surface area contributed by atoms with Gasteiger partial charge in [-0.3, -0.25) is 14.5 Å². The van der Waals surface area contributed by atoms with Gasteiger partial charge in [-0.25, -0.2) is 4.98 Å². The molecule has 3 aromatic rings. The number of para-hydroxylation sites is 1. The van der Waals surface area contributed by atoms with Crippen molar-refractivity contribution in [3.8, 4) is 0 Å². The molecule has 5 rings (SSSR count). The van der Waals surface area contributed by atoms with Gasteiger partial charge in [0.1, 0.15) is 5.01 Å². The molecular formula is C25H28N4O2S. The molecule has 7 heteroatoms. The quantitative estimate of drug-likeness (QED) is 0.599. The van der Waals surface area contributed by atoms with Gasteiger partial charge in [-0.1, -0.05) is 42.5 Å². The molecule has 0 aliphatic carbocycles. The molecule has 2 aliphatic heterocycles. The molecule has 3 heterocycles. The van der Waals surface area contributed by atoms with E-state index < -0.39 is 0 Å². The minimum Gasteiger partial charge on any atom is -0.340 e. The van der Waals surface area contributed by atoms with Gasteiger partial charge in [-0.2, -0.15) is 0 Å². The van der Waals surface area contributed by atoms with Crippen LogP contribution in [0.3, 0.4) is 0 Å². The average Bonchev–Trinajstić information content (AvgIpc) is 3.42. The summed E-state index contributed by atoms with van der Waals surface area (Å²) in [6.07, 6.45) is 0.321. The highest BCUT2D eigenvalue weighted by Gasteiger charge is 2.39. The lowest BCUT2D eigenvalue weighted by atomic mass is 10.1. The third kappa shape index (κ3) is 4.27.